The van der Waals surface area contributed by atoms with Gasteiger partial charge in [0.05, 0.1) is 12.7 Å². The second-order valence-corrected chi connectivity index (χ2v) is 4.45. The lowest BCUT2D eigenvalue weighted by Crippen LogP contribution is -2.08. The molecule has 2 aromatic carbocycles. The van der Waals surface area contributed by atoms with Gasteiger partial charge in [-0.05, 0) is 30.3 Å². The maximum atomic E-state index is 11.9. The normalized spacial score (nSPS) is 10.4. The Morgan fingerprint density at radius 3 is 2.64 bits per heavy atom. The minimum Gasteiger partial charge on any atom is -0.496 e. The van der Waals surface area contributed by atoms with Crippen LogP contribution in [0.5, 0.6) is 5.75 Å². The Kier molecular flexibility index (Phi) is 4.93. The molecule has 5 nitrogen and oxygen atoms in total. The minimum absolute atomic E-state index is 0.117. The van der Waals surface area contributed by atoms with Gasteiger partial charge < -0.3 is 15.2 Å². The van der Waals surface area contributed by atoms with Crippen molar-refractivity contribution < 1.29 is 19.4 Å². The number of hydrogen-bond donors (Lipinski definition) is 2. The van der Waals surface area contributed by atoms with Crippen molar-refractivity contribution in [2.24, 2.45) is 0 Å². The summed E-state index contributed by atoms with van der Waals surface area (Å²) in [6, 6.07) is 13.4. The topological polar surface area (TPSA) is 75.6 Å². The van der Waals surface area contributed by atoms with E-state index in [1.54, 1.807) is 31.4 Å². The van der Waals surface area contributed by atoms with Gasteiger partial charge in [0.25, 0.3) is 0 Å². The molecular weight excluding hydrogens is 282 g/mol. The average Bonchev–Trinajstić information content (AvgIpc) is 2.53. The molecule has 2 rings (SSSR count). The van der Waals surface area contributed by atoms with Crippen molar-refractivity contribution in [2.75, 3.05) is 12.4 Å². The first-order valence-corrected chi connectivity index (χ1v) is 6.55. The number of methoxy groups -OCH3 is 1. The molecule has 0 fully saturated rings. The molecule has 112 valence electrons. The summed E-state index contributed by atoms with van der Waals surface area (Å²) in [6.07, 6.45) is 3.00. The number of hydrogen-bond acceptors (Lipinski definition) is 3. The molecule has 0 heterocycles. The minimum atomic E-state index is -1.04. The third kappa shape index (κ3) is 3.96. The monoisotopic (exact) mass is 297 g/mol. The van der Waals surface area contributed by atoms with Gasteiger partial charge in [0.1, 0.15) is 5.75 Å². The number of carbonyl (C=O) groups is 2. The zero-order valence-electron chi connectivity index (χ0n) is 11.9. The highest BCUT2D eigenvalue weighted by Crippen LogP contribution is 2.18. The van der Waals surface area contributed by atoms with E-state index in [0.717, 1.165) is 5.56 Å². The van der Waals surface area contributed by atoms with Crippen molar-refractivity contribution in [3.63, 3.8) is 0 Å². The lowest BCUT2D eigenvalue weighted by molar-refractivity contribution is -0.111. The SMILES string of the molecule is COc1ccccc1C=CC(=O)Nc1cccc(C(=O)O)c1. The molecule has 2 N–H and O–H groups in total. The summed E-state index contributed by atoms with van der Waals surface area (Å²) in [5.74, 6) is -0.728. The standard InChI is InChI=1S/C17H15NO4/c1-22-15-8-3-2-5-12(15)9-10-16(19)18-14-7-4-6-13(11-14)17(20)21/h2-11H,1H3,(H,18,19)(H,20,21). The van der Waals surface area contributed by atoms with E-state index in [4.69, 9.17) is 9.84 Å². The summed E-state index contributed by atoms with van der Waals surface area (Å²) in [5.41, 5.74) is 1.32. The van der Waals surface area contributed by atoms with Crippen molar-refractivity contribution in [2.45, 2.75) is 0 Å². The highest BCUT2D eigenvalue weighted by Gasteiger charge is 2.05. The van der Waals surface area contributed by atoms with Crippen LogP contribution < -0.4 is 10.1 Å². The molecule has 5 heteroatoms. The number of carbonyl (C=O) groups excluding carboxylic acids is 1. The number of aromatic carboxylic acids is 1. The van der Waals surface area contributed by atoms with E-state index in [-0.39, 0.29) is 11.5 Å². The number of anilines is 1. The summed E-state index contributed by atoms with van der Waals surface area (Å²) in [5, 5.41) is 11.5. The number of para-hydroxylation sites is 1. The average molecular weight is 297 g/mol. The summed E-state index contributed by atoms with van der Waals surface area (Å²) < 4.78 is 5.19. The fraction of sp³-hybridized carbons (Fsp3) is 0.0588. The van der Waals surface area contributed by atoms with Crippen LogP contribution >= 0.6 is 0 Å². The number of rotatable bonds is 5. The first-order valence-electron chi connectivity index (χ1n) is 6.55. The summed E-state index contributed by atoms with van der Waals surface area (Å²) in [7, 11) is 1.56. The van der Waals surface area contributed by atoms with Crippen molar-refractivity contribution in [1.82, 2.24) is 0 Å². The molecule has 0 bridgehead atoms. The van der Waals surface area contributed by atoms with E-state index in [1.165, 1.54) is 18.2 Å². The largest absolute Gasteiger partial charge is 0.496 e. The Bertz CT molecular complexity index is 722. The molecule has 0 aliphatic heterocycles. The van der Waals surface area contributed by atoms with Gasteiger partial charge in [-0.25, -0.2) is 4.79 Å². The van der Waals surface area contributed by atoms with Crippen LogP contribution in [0.2, 0.25) is 0 Å². The van der Waals surface area contributed by atoms with Crippen molar-refractivity contribution in [3.05, 3.63) is 65.7 Å². The second-order valence-electron chi connectivity index (χ2n) is 4.45. The zero-order valence-corrected chi connectivity index (χ0v) is 11.9. The molecule has 0 aromatic heterocycles. The summed E-state index contributed by atoms with van der Waals surface area (Å²) in [4.78, 5) is 22.8. The number of benzene rings is 2. The Hall–Kier alpha value is -3.08. The van der Waals surface area contributed by atoms with Crippen LogP contribution in [0.1, 0.15) is 15.9 Å². The predicted octanol–water partition coefficient (Wildman–Crippen LogP) is 3.05. The van der Waals surface area contributed by atoms with Crippen LogP contribution in [0.15, 0.2) is 54.6 Å². The van der Waals surface area contributed by atoms with Crippen molar-refractivity contribution in [3.8, 4) is 5.75 Å². The van der Waals surface area contributed by atoms with Crippen molar-refractivity contribution in [1.29, 1.82) is 0 Å². The Morgan fingerprint density at radius 1 is 1.14 bits per heavy atom. The smallest absolute Gasteiger partial charge is 0.335 e. The first kappa shape index (κ1) is 15.3. The number of carboxylic acids is 1. The fourth-order valence-corrected chi connectivity index (χ4v) is 1.88. The van der Waals surface area contributed by atoms with Crippen LogP contribution in [0.4, 0.5) is 5.69 Å². The van der Waals surface area contributed by atoms with Gasteiger partial charge in [0.2, 0.25) is 5.91 Å². The first-order chi connectivity index (χ1) is 10.6. The third-order valence-corrected chi connectivity index (χ3v) is 2.93. The Balaban J connectivity index is 2.08. The van der Waals surface area contributed by atoms with Crippen LogP contribution in [0.3, 0.4) is 0 Å². The highest BCUT2D eigenvalue weighted by molar-refractivity contribution is 6.02. The molecule has 0 atom stereocenters. The molecule has 22 heavy (non-hydrogen) atoms. The van der Waals surface area contributed by atoms with Gasteiger partial charge in [-0.15, -0.1) is 0 Å². The van der Waals surface area contributed by atoms with E-state index in [2.05, 4.69) is 5.32 Å². The number of nitrogens with one attached hydrogen (secondary N) is 1. The van der Waals surface area contributed by atoms with Gasteiger partial charge in [-0.3, -0.25) is 4.79 Å². The highest BCUT2D eigenvalue weighted by atomic mass is 16.5. The van der Waals surface area contributed by atoms with Crippen LogP contribution in [0.25, 0.3) is 6.08 Å². The van der Waals surface area contributed by atoms with E-state index < -0.39 is 5.97 Å². The number of ether oxygens (including phenoxy) is 1. The van der Waals surface area contributed by atoms with Crippen molar-refractivity contribution >= 4 is 23.6 Å². The molecule has 0 unspecified atom stereocenters. The summed E-state index contributed by atoms with van der Waals surface area (Å²) >= 11 is 0. The van der Waals surface area contributed by atoms with E-state index >= 15 is 0 Å². The Labute approximate surface area is 127 Å². The summed E-state index contributed by atoms with van der Waals surface area (Å²) in [6.45, 7) is 0. The molecule has 1 amide bonds. The molecule has 0 saturated heterocycles. The number of amides is 1. The lowest BCUT2D eigenvalue weighted by Gasteiger charge is -2.04. The third-order valence-electron chi connectivity index (χ3n) is 2.93. The molecule has 0 saturated carbocycles. The fourth-order valence-electron chi connectivity index (χ4n) is 1.88. The van der Waals surface area contributed by atoms with E-state index in [0.29, 0.717) is 11.4 Å². The molecule has 0 radical (unpaired) electrons. The lowest BCUT2D eigenvalue weighted by atomic mass is 10.2. The van der Waals surface area contributed by atoms with Gasteiger partial charge in [-0.2, -0.15) is 0 Å². The van der Waals surface area contributed by atoms with Crippen LogP contribution in [-0.4, -0.2) is 24.1 Å². The molecular formula is C17H15NO4. The maximum Gasteiger partial charge on any atom is 0.335 e. The van der Waals surface area contributed by atoms with E-state index in [9.17, 15) is 9.59 Å². The van der Waals surface area contributed by atoms with Gasteiger partial charge in [-0.1, -0.05) is 24.3 Å². The van der Waals surface area contributed by atoms with Gasteiger partial charge in [0.15, 0.2) is 0 Å². The molecule has 0 spiro atoms. The number of carboxylic acid groups (broad SMARTS) is 1. The molecule has 0 aliphatic carbocycles. The quantitative estimate of drug-likeness (QED) is 0.832. The van der Waals surface area contributed by atoms with E-state index in [1.807, 2.05) is 18.2 Å². The van der Waals surface area contributed by atoms with Gasteiger partial charge in [0, 0.05) is 17.3 Å². The van der Waals surface area contributed by atoms with Crippen LogP contribution in [0, 0.1) is 0 Å². The van der Waals surface area contributed by atoms with Crippen LogP contribution in [-0.2, 0) is 4.79 Å². The molecule has 2 aromatic rings. The molecule has 0 aliphatic rings. The second kappa shape index (κ2) is 7.08. The predicted molar refractivity (Wildman–Crippen MR) is 84.1 cm³/mol. The maximum absolute atomic E-state index is 11.9. The Morgan fingerprint density at radius 2 is 1.91 bits per heavy atom. The zero-order chi connectivity index (χ0) is 15.9. The van der Waals surface area contributed by atoms with Gasteiger partial charge >= 0.3 is 5.97 Å².